The molecular formula is C15H17NOS. The van der Waals surface area contributed by atoms with E-state index in [1.54, 1.807) is 11.3 Å². The molecule has 2 rings (SSSR count). The minimum Gasteiger partial charge on any atom is -0.299 e. The molecule has 0 unspecified atom stereocenters. The number of benzene rings is 1. The van der Waals surface area contributed by atoms with E-state index >= 15 is 0 Å². The van der Waals surface area contributed by atoms with Crippen LogP contribution in [0.1, 0.15) is 27.4 Å². The maximum Gasteiger partial charge on any atom is 0.143 e. The molecule has 0 fully saturated rings. The van der Waals surface area contributed by atoms with Crippen molar-refractivity contribution >= 4 is 17.1 Å². The molecule has 0 radical (unpaired) electrons. The first-order valence-corrected chi connectivity index (χ1v) is 6.92. The summed E-state index contributed by atoms with van der Waals surface area (Å²) in [5, 5.41) is 2.99. The number of rotatable bonds is 4. The van der Waals surface area contributed by atoms with E-state index < -0.39 is 0 Å². The minimum absolute atomic E-state index is 0.234. The van der Waals surface area contributed by atoms with Crippen molar-refractivity contribution < 1.29 is 4.79 Å². The van der Waals surface area contributed by atoms with Gasteiger partial charge in [0.1, 0.15) is 5.78 Å². The standard InChI is InChI=1S/C15H17NOS/c1-10-5-4-6-11(2)15(10)8-14(17)7-13-9-18-12(3)16-13/h4-6,9H,7-8H2,1-3H3. The number of carbonyl (C=O) groups is 1. The molecule has 0 aliphatic rings. The molecule has 1 heterocycles. The molecule has 0 saturated carbocycles. The summed E-state index contributed by atoms with van der Waals surface area (Å²) in [6.07, 6.45) is 0.952. The zero-order valence-electron chi connectivity index (χ0n) is 11.0. The van der Waals surface area contributed by atoms with E-state index in [-0.39, 0.29) is 5.78 Å². The Hall–Kier alpha value is -1.48. The van der Waals surface area contributed by atoms with Gasteiger partial charge in [0, 0.05) is 18.2 Å². The van der Waals surface area contributed by atoms with Gasteiger partial charge in [-0.1, -0.05) is 18.2 Å². The van der Waals surface area contributed by atoms with Crippen LogP contribution in [-0.4, -0.2) is 10.8 Å². The lowest BCUT2D eigenvalue weighted by molar-refractivity contribution is -0.117. The predicted octanol–water partition coefficient (Wildman–Crippen LogP) is 3.42. The summed E-state index contributed by atoms with van der Waals surface area (Å²) in [6, 6.07) is 6.15. The van der Waals surface area contributed by atoms with Crippen LogP contribution < -0.4 is 0 Å². The fourth-order valence-electron chi connectivity index (χ4n) is 2.08. The Balaban J connectivity index is 2.08. The van der Waals surface area contributed by atoms with Gasteiger partial charge < -0.3 is 0 Å². The molecule has 18 heavy (non-hydrogen) atoms. The summed E-state index contributed by atoms with van der Waals surface area (Å²) in [7, 11) is 0. The SMILES string of the molecule is Cc1nc(CC(=O)Cc2c(C)cccc2C)cs1. The van der Waals surface area contributed by atoms with E-state index in [9.17, 15) is 4.79 Å². The first kappa shape index (κ1) is 13.0. The third-order valence-electron chi connectivity index (χ3n) is 3.06. The van der Waals surface area contributed by atoms with Gasteiger partial charge in [-0.15, -0.1) is 11.3 Å². The highest BCUT2D eigenvalue weighted by atomic mass is 32.1. The molecule has 2 nitrogen and oxygen atoms in total. The van der Waals surface area contributed by atoms with Gasteiger partial charge in [-0.05, 0) is 37.5 Å². The Morgan fingerprint density at radius 1 is 1.17 bits per heavy atom. The van der Waals surface area contributed by atoms with Crippen LogP contribution in [0.25, 0.3) is 0 Å². The van der Waals surface area contributed by atoms with Crippen molar-refractivity contribution in [1.29, 1.82) is 0 Å². The summed E-state index contributed by atoms with van der Waals surface area (Å²) in [4.78, 5) is 16.4. The van der Waals surface area contributed by atoms with Crippen molar-refractivity contribution in [2.75, 3.05) is 0 Å². The number of nitrogens with zero attached hydrogens (tertiary/aromatic N) is 1. The second-order valence-electron chi connectivity index (χ2n) is 4.62. The molecule has 1 aromatic heterocycles. The van der Waals surface area contributed by atoms with E-state index in [1.807, 2.05) is 18.4 Å². The first-order valence-electron chi connectivity index (χ1n) is 6.04. The van der Waals surface area contributed by atoms with Crippen LogP contribution in [0.3, 0.4) is 0 Å². The summed E-state index contributed by atoms with van der Waals surface area (Å²) >= 11 is 1.60. The smallest absolute Gasteiger partial charge is 0.143 e. The van der Waals surface area contributed by atoms with Gasteiger partial charge in [-0.25, -0.2) is 4.98 Å². The first-order chi connectivity index (χ1) is 8.56. The van der Waals surface area contributed by atoms with Crippen molar-refractivity contribution in [3.8, 4) is 0 Å². The third kappa shape index (κ3) is 3.05. The quantitative estimate of drug-likeness (QED) is 0.842. The average molecular weight is 259 g/mol. The van der Waals surface area contributed by atoms with Gasteiger partial charge in [-0.3, -0.25) is 4.79 Å². The summed E-state index contributed by atoms with van der Waals surface area (Å²) in [5.74, 6) is 0.234. The number of Topliss-reactive ketones (excluding diaryl/α,β-unsaturated/α-hetero) is 1. The monoisotopic (exact) mass is 259 g/mol. The lowest BCUT2D eigenvalue weighted by atomic mass is 9.97. The molecule has 3 heteroatoms. The molecule has 1 aromatic carbocycles. The normalized spacial score (nSPS) is 10.6. The van der Waals surface area contributed by atoms with Crippen molar-refractivity contribution in [2.45, 2.75) is 33.6 Å². The molecular weight excluding hydrogens is 242 g/mol. The average Bonchev–Trinajstić information content (AvgIpc) is 2.69. The van der Waals surface area contributed by atoms with Crippen LogP contribution >= 0.6 is 11.3 Å². The lowest BCUT2D eigenvalue weighted by Crippen LogP contribution is -2.09. The fraction of sp³-hybridized carbons (Fsp3) is 0.333. The minimum atomic E-state index is 0.234. The summed E-state index contributed by atoms with van der Waals surface area (Å²) in [6.45, 7) is 6.08. The van der Waals surface area contributed by atoms with Crippen LogP contribution in [0.2, 0.25) is 0 Å². The predicted molar refractivity (Wildman–Crippen MR) is 75.2 cm³/mol. The molecule has 0 aliphatic carbocycles. The Morgan fingerprint density at radius 3 is 2.39 bits per heavy atom. The largest absolute Gasteiger partial charge is 0.299 e. The Morgan fingerprint density at radius 2 is 1.83 bits per heavy atom. The van der Waals surface area contributed by atoms with E-state index in [2.05, 4.69) is 31.0 Å². The Kier molecular flexibility index (Phi) is 3.92. The van der Waals surface area contributed by atoms with Crippen LogP contribution in [0, 0.1) is 20.8 Å². The van der Waals surface area contributed by atoms with Crippen LogP contribution in [0.4, 0.5) is 0 Å². The highest BCUT2D eigenvalue weighted by Gasteiger charge is 2.10. The van der Waals surface area contributed by atoms with E-state index in [4.69, 9.17) is 0 Å². The number of carbonyl (C=O) groups excluding carboxylic acids is 1. The van der Waals surface area contributed by atoms with Crippen molar-refractivity contribution in [3.63, 3.8) is 0 Å². The molecule has 0 saturated heterocycles. The molecule has 94 valence electrons. The zero-order valence-corrected chi connectivity index (χ0v) is 11.8. The number of ketones is 1. The number of hydrogen-bond donors (Lipinski definition) is 0. The molecule has 0 N–H and O–H groups in total. The van der Waals surface area contributed by atoms with Gasteiger partial charge in [0.2, 0.25) is 0 Å². The molecule has 0 atom stereocenters. The zero-order chi connectivity index (χ0) is 13.1. The van der Waals surface area contributed by atoms with E-state index in [1.165, 1.54) is 11.1 Å². The number of aryl methyl sites for hydroxylation is 3. The lowest BCUT2D eigenvalue weighted by Gasteiger charge is -2.08. The molecule has 0 aliphatic heterocycles. The number of aromatic nitrogens is 1. The van der Waals surface area contributed by atoms with E-state index in [0.29, 0.717) is 12.8 Å². The van der Waals surface area contributed by atoms with Crippen molar-refractivity contribution in [2.24, 2.45) is 0 Å². The third-order valence-corrected chi connectivity index (χ3v) is 3.89. The number of hydrogen-bond acceptors (Lipinski definition) is 3. The van der Waals surface area contributed by atoms with Crippen LogP contribution in [-0.2, 0) is 17.6 Å². The van der Waals surface area contributed by atoms with Gasteiger partial charge >= 0.3 is 0 Å². The van der Waals surface area contributed by atoms with Crippen molar-refractivity contribution in [1.82, 2.24) is 4.98 Å². The second-order valence-corrected chi connectivity index (χ2v) is 5.68. The van der Waals surface area contributed by atoms with Crippen molar-refractivity contribution in [3.05, 3.63) is 51.0 Å². The van der Waals surface area contributed by atoms with Crippen LogP contribution in [0.15, 0.2) is 23.6 Å². The maximum atomic E-state index is 12.1. The molecule has 2 aromatic rings. The Labute approximate surface area is 112 Å². The van der Waals surface area contributed by atoms with Gasteiger partial charge in [0.05, 0.1) is 10.7 Å². The summed E-state index contributed by atoms with van der Waals surface area (Å²) in [5.41, 5.74) is 4.44. The van der Waals surface area contributed by atoms with Gasteiger partial charge in [0.15, 0.2) is 0 Å². The Bertz CT molecular complexity index is 551. The maximum absolute atomic E-state index is 12.1. The fourth-order valence-corrected chi connectivity index (χ4v) is 2.69. The van der Waals surface area contributed by atoms with Gasteiger partial charge in [0.25, 0.3) is 0 Å². The van der Waals surface area contributed by atoms with Crippen LogP contribution in [0.5, 0.6) is 0 Å². The highest BCUT2D eigenvalue weighted by Crippen LogP contribution is 2.16. The second kappa shape index (κ2) is 5.44. The highest BCUT2D eigenvalue weighted by molar-refractivity contribution is 7.09. The topological polar surface area (TPSA) is 30.0 Å². The molecule has 0 amide bonds. The van der Waals surface area contributed by atoms with Gasteiger partial charge in [-0.2, -0.15) is 0 Å². The van der Waals surface area contributed by atoms with E-state index in [0.717, 1.165) is 16.3 Å². The summed E-state index contributed by atoms with van der Waals surface area (Å²) < 4.78 is 0. The molecule has 0 spiro atoms. The number of thiazole rings is 1. The molecule has 0 bridgehead atoms.